The van der Waals surface area contributed by atoms with Gasteiger partial charge in [-0.2, -0.15) is 11.8 Å². The Kier molecular flexibility index (Phi) is 6.21. The fraction of sp³-hybridized carbons (Fsp3) is 0.333. The molecular formula is C12H15BrN2O2S. The molecule has 0 aliphatic heterocycles. The SMILES string of the molecule is CSC[C@@H](C)NC(=O)C(=O)Nc1cccc(Br)c1. The fourth-order valence-electron chi connectivity index (χ4n) is 1.34. The van der Waals surface area contributed by atoms with Crippen molar-refractivity contribution in [3.8, 4) is 0 Å². The van der Waals surface area contributed by atoms with E-state index in [9.17, 15) is 9.59 Å². The molecule has 0 spiro atoms. The molecule has 0 aliphatic carbocycles. The lowest BCUT2D eigenvalue weighted by Crippen LogP contribution is -2.41. The van der Waals surface area contributed by atoms with Crippen LogP contribution in [0.25, 0.3) is 0 Å². The number of carbonyl (C=O) groups is 2. The lowest BCUT2D eigenvalue weighted by molar-refractivity contribution is -0.136. The van der Waals surface area contributed by atoms with Crippen LogP contribution in [-0.4, -0.2) is 29.9 Å². The van der Waals surface area contributed by atoms with E-state index in [4.69, 9.17) is 0 Å². The Morgan fingerprint density at radius 2 is 2.11 bits per heavy atom. The molecule has 0 aromatic heterocycles. The highest BCUT2D eigenvalue weighted by molar-refractivity contribution is 9.10. The van der Waals surface area contributed by atoms with Crippen molar-refractivity contribution < 1.29 is 9.59 Å². The monoisotopic (exact) mass is 330 g/mol. The number of nitrogens with one attached hydrogen (secondary N) is 2. The van der Waals surface area contributed by atoms with Crippen molar-refractivity contribution in [3.63, 3.8) is 0 Å². The number of anilines is 1. The molecule has 98 valence electrons. The van der Waals surface area contributed by atoms with Crippen LogP contribution in [0, 0.1) is 0 Å². The lowest BCUT2D eigenvalue weighted by atomic mass is 10.3. The van der Waals surface area contributed by atoms with Crippen LogP contribution in [0.2, 0.25) is 0 Å². The Morgan fingerprint density at radius 3 is 2.72 bits per heavy atom. The zero-order valence-corrected chi connectivity index (χ0v) is 12.6. The minimum absolute atomic E-state index is 0.0271. The maximum atomic E-state index is 11.6. The van der Waals surface area contributed by atoms with Crippen LogP contribution in [0.1, 0.15) is 6.92 Å². The van der Waals surface area contributed by atoms with Gasteiger partial charge in [0.25, 0.3) is 0 Å². The molecule has 4 nitrogen and oxygen atoms in total. The molecule has 1 aromatic carbocycles. The maximum Gasteiger partial charge on any atom is 0.313 e. The van der Waals surface area contributed by atoms with Crippen LogP contribution in [-0.2, 0) is 9.59 Å². The minimum atomic E-state index is -0.652. The number of thioether (sulfide) groups is 1. The van der Waals surface area contributed by atoms with Gasteiger partial charge in [0.05, 0.1) is 0 Å². The van der Waals surface area contributed by atoms with Crippen molar-refractivity contribution in [2.75, 3.05) is 17.3 Å². The number of hydrogen-bond donors (Lipinski definition) is 2. The number of hydrogen-bond acceptors (Lipinski definition) is 3. The Bertz CT molecular complexity index is 440. The van der Waals surface area contributed by atoms with Crippen molar-refractivity contribution in [1.29, 1.82) is 0 Å². The van der Waals surface area contributed by atoms with Crippen molar-refractivity contribution >= 4 is 45.2 Å². The molecule has 1 rings (SSSR count). The third kappa shape index (κ3) is 5.10. The first kappa shape index (κ1) is 15.0. The van der Waals surface area contributed by atoms with Gasteiger partial charge in [0, 0.05) is 22.0 Å². The minimum Gasteiger partial charge on any atom is -0.345 e. The number of rotatable bonds is 4. The summed E-state index contributed by atoms with van der Waals surface area (Å²) in [4.78, 5) is 23.2. The molecule has 18 heavy (non-hydrogen) atoms. The maximum absolute atomic E-state index is 11.6. The van der Waals surface area contributed by atoms with Crippen molar-refractivity contribution in [2.24, 2.45) is 0 Å². The van der Waals surface area contributed by atoms with Gasteiger partial charge in [0.15, 0.2) is 0 Å². The van der Waals surface area contributed by atoms with Gasteiger partial charge in [-0.1, -0.05) is 22.0 Å². The molecule has 0 bridgehead atoms. The average Bonchev–Trinajstić information content (AvgIpc) is 2.29. The number of benzene rings is 1. The molecule has 0 saturated heterocycles. The Labute approximate surface area is 119 Å². The molecule has 0 saturated carbocycles. The number of amides is 2. The summed E-state index contributed by atoms with van der Waals surface area (Å²) >= 11 is 4.91. The summed E-state index contributed by atoms with van der Waals surface area (Å²) in [6, 6.07) is 7.06. The first-order chi connectivity index (χ1) is 8.52. The van der Waals surface area contributed by atoms with E-state index in [1.54, 1.807) is 30.0 Å². The highest BCUT2D eigenvalue weighted by Crippen LogP contribution is 2.15. The van der Waals surface area contributed by atoms with E-state index in [-0.39, 0.29) is 6.04 Å². The van der Waals surface area contributed by atoms with Gasteiger partial charge in [-0.3, -0.25) is 9.59 Å². The second-order valence-corrected chi connectivity index (χ2v) is 5.62. The molecule has 2 N–H and O–H groups in total. The molecule has 0 unspecified atom stereocenters. The van der Waals surface area contributed by atoms with Crippen LogP contribution >= 0.6 is 27.7 Å². The van der Waals surface area contributed by atoms with Gasteiger partial charge in [0.1, 0.15) is 0 Å². The van der Waals surface area contributed by atoms with E-state index in [1.807, 2.05) is 19.2 Å². The summed E-state index contributed by atoms with van der Waals surface area (Å²) in [6.07, 6.45) is 1.95. The first-order valence-electron chi connectivity index (χ1n) is 5.39. The van der Waals surface area contributed by atoms with Crippen molar-refractivity contribution in [3.05, 3.63) is 28.7 Å². The summed E-state index contributed by atoms with van der Waals surface area (Å²) in [5.41, 5.74) is 0.585. The van der Waals surface area contributed by atoms with E-state index < -0.39 is 11.8 Å². The number of carbonyl (C=O) groups excluding carboxylic acids is 2. The molecule has 6 heteroatoms. The molecule has 0 radical (unpaired) electrons. The van der Waals surface area contributed by atoms with Crippen LogP contribution in [0.3, 0.4) is 0 Å². The van der Waals surface area contributed by atoms with E-state index in [1.165, 1.54) is 0 Å². The largest absolute Gasteiger partial charge is 0.345 e. The summed E-state index contributed by atoms with van der Waals surface area (Å²) in [5, 5.41) is 5.17. The molecular weight excluding hydrogens is 316 g/mol. The van der Waals surface area contributed by atoms with E-state index in [0.717, 1.165) is 10.2 Å². The Morgan fingerprint density at radius 1 is 1.39 bits per heavy atom. The zero-order chi connectivity index (χ0) is 13.5. The van der Waals surface area contributed by atoms with E-state index in [2.05, 4.69) is 26.6 Å². The predicted molar refractivity (Wildman–Crippen MR) is 78.8 cm³/mol. The van der Waals surface area contributed by atoms with Crippen molar-refractivity contribution in [2.45, 2.75) is 13.0 Å². The van der Waals surface area contributed by atoms with Gasteiger partial charge in [-0.05, 0) is 31.4 Å². The zero-order valence-electron chi connectivity index (χ0n) is 10.2. The van der Waals surface area contributed by atoms with Crippen LogP contribution < -0.4 is 10.6 Å². The smallest absolute Gasteiger partial charge is 0.313 e. The average molecular weight is 331 g/mol. The normalized spacial score (nSPS) is 11.7. The second kappa shape index (κ2) is 7.43. The molecule has 0 aliphatic rings. The van der Waals surface area contributed by atoms with Gasteiger partial charge in [-0.15, -0.1) is 0 Å². The summed E-state index contributed by atoms with van der Waals surface area (Å²) < 4.78 is 0.844. The molecule has 2 amide bonds. The molecule has 1 atom stereocenters. The molecule has 0 fully saturated rings. The topological polar surface area (TPSA) is 58.2 Å². The summed E-state index contributed by atoms with van der Waals surface area (Å²) in [5.74, 6) is -0.492. The standard InChI is InChI=1S/C12H15BrN2O2S/c1-8(7-18-2)14-11(16)12(17)15-10-5-3-4-9(13)6-10/h3-6,8H,7H2,1-2H3,(H,14,16)(H,15,17)/t8-/m1/s1. The van der Waals surface area contributed by atoms with E-state index in [0.29, 0.717) is 5.69 Å². The molecule has 0 heterocycles. The summed E-state index contributed by atoms with van der Waals surface area (Å²) in [7, 11) is 0. The predicted octanol–water partition coefficient (Wildman–Crippen LogP) is 2.26. The molecule has 1 aromatic rings. The summed E-state index contributed by atoms with van der Waals surface area (Å²) in [6.45, 7) is 1.86. The Balaban J connectivity index is 2.52. The Hall–Kier alpha value is -1.01. The van der Waals surface area contributed by atoms with Gasteiger partial charge < -0.3 is 10.6 Å². The third-order valence-electron chi connectivity index (χ3n) is 2.08. The van der Waals surface area contributed by atoms with E-state index >= 15 is 0 Å². The third-order valence-corrected chi connectivity index (χ3v) is 3.41. The van der Waals surface area contributed by atoms with Crippen LogP contribution in [0.15, 0.2) is 28.7 Å². The highest BCUT2D eigenvalue weighted by Gasteiger charge is 2.15. The van der Waals surface area contributed by atoms with Gasteiger partial charge in [-0.25, -0.2) is 0 Å². The van der Waals surface area contributed by atoms with Crippen molar-refractivity contribution in [1.82, 2.24) is 5.32 Å². The number of halogens is 1. The quantitative estimate of drug-likeness (QED) is 0.832. The van der Waals surface area contributed by atoms with Crippen LogP contribution in [0.5, 0.6) is 0 Å². The lowest BCUT2D eigenvalue weighted by Gasteiger charge is -2.12. The first-order valence-corrected chi connectivity index (χ1v) is 7.58. The highest BCUT2D eigenvalue weighted by atomic mass is 79.9. The van der Waals surface area contributed by atoms with Gasteiger partial charge >= 0.3 is 11.8 Å². The fourth-order valence-corrected chi connectivity index (χ4v) is 2.32. The van der Waals surface area contributed by atoms with Gasteiger partial charge in [0.2, 0.25) is 0 Å². The second-order valence-electron chi connectivity index (χ2n) is 3.79. The van der Waals surface area contributed by atoms with Crippen LogP contribution in [0.4, 0.5) is 5.69 Å².